The Balaban J connectivity index is 1.13. The maximum Gasteiger partial charge on any atom is 0.227 e. The molecule has 4 nitrogen and oxygen atoms in total. The van der Waals surface area contributed by atoms with Gasteiger partial charge in [0.15, 0.2) is 5.58 Å². The fraction of sp³-hybridized carbons (Fsp3) is 0.0536. The Kier molecular flexibility index (Phi) is 7.54. The second-order valence-corrected chi connectivity index (χ2v) is 16.3. The Morgan fingerprint density at radius 3 is 1.98 bits per heavy atom. The minimum Gasteiger partial charge on any atom is -0.436 e. The van der Waals surface area contributed by atoms with E-state index in [0.29, 0.717) is 5.89 Å². The zero-order valence-electron chi connectivity index (χ0n) is 33.3. The minimum atomic E-state index is -0.102. The van der Waals surface area contributed by atoms with Crippen molar-refractivity contribution in [2.45, 2.75) is 19.3 Å². The summed E-state index contributed by atoms with van der Waals surface area (Å²) in [5, 5.41) is 4.79. The van der Waals surface area contributed by atoms with Crippen molar-refractivity contribution >= 4 is 60.7 Å². The van der Waals surface area contributed by atoms with Crippen LogP contribution < -0.4 is 4.90 Å². The summed E-state index contributed by atoms with van der Waals surface area (Å²) in [4.78, 5) is 7.54. The lowest BCUT2D eigenvalue weighted by Gasteiger charge is -2.29. The van der Waals surface area contributed by atoms with Gasteiger partial charge >= 0.3 is 0 Å². The molecule has 60 heavy (non-hydrogen) atoms. The van der Waals surface area contributed by atoms with Gasteiger partial charge in [0.2, 0.25) is 5.89 Å². The standard InChI is InChI=1S/C56H39N3O/c1-56(2)48-28-13-11-23-42(48)46-34-40(31-32-49(46)56)58(39-22-15-19-37(33-39)41-27-16-30-52-53(41)57-55(60-52)36-17-5-3-6-18-36)51-35-47-44-25-12-14-29-50(44)59(38-20-7-4-8-21-38)54(47)45-26-10-9-24-43(45)51/h3-35H,1-2H3. The fourth-order valence-corrected chi connectivity index (χ4v) is 9.81. The third kappa shape index (κ3) is 5.14. The van der Waals surface area contributed by atoms with Gasteiger partial charge in [-0.3, -0.25) is 0 Å². The Bertz CT molecular complexity index is 3470. The molecular formula is C56H39N3O. The van der Waals surface area contributed by atoms with Gasteiger partial charge in [-0.25, -0.2) is 4.98 Å². The summed E-state index contributed by atoms with van der Waals surface area (Å²) in [7, 11) is 0. The molecule has 0 amide bonds. The molecule has 4 heteroatoms. The predicted octanol–water partition coefficient (Wildman–Crippen LogP) is 15.2. The zero-order chi connectivity index (χ0) is 40.0. The maximum atomic E-state index is 6.36. The van der Waals surface area contributed by atoms with Crippen molar-refractivity contribution in [1.29, 1.82) is 0 Å². The van der Waals surface area contributed by atoms with Gasteiger partial charge in [0, 0.05) is 55.1 Å². The van der Waals surface area contributed by atoms with E-state index in [0.717, 1.165) is 50.5 Å². The molecule has 0 unspecified atom stereocenters. The van der Waals surface area contributed by atoms with E-state index >= 15 is 0 Å². The lowest BCUT2D eigenvalue weighted by Crippen LogP contribution is -2.15. The molecular weight excluding hydrogens is 731 g/mol. The Morgan fingerprint density at radius 2 is 1.13 bits per heavy atom. The first-order valence-electron chi connectivity index (χ1n) is 20.6. The number of benzene rings is 9. The van der Waals surface area contributed by atoms with Crippen LogP contribution in [0.5, 0.6) is 0 Å². The first-order chi connectivity index (χ1) is 29.5. The molecule has 0 bridgehead atoms. The van der Waals surface area contributed by atoms with Crippen LogP contribution >= 0.6 is 0 Å². The number of anilines is 3. The normalized spacial score (nSPS) is 13.0. The fourth-order valence-electron chi connectivity index (χ4n) is 9.81. The molecule has 0 saturated heterocycles. The topological polar surface area (TPSA) is 34.2 Å². The van der Waals surface area contributed by atoms with Crippen molar-refractivity contribution in [1.82, 2.24) is 9.55 Å². The van der Waals surface area contributed by atoms with Crippen LogP contribution in [0.25, 0.3) is 83.1 Å². The third-order valence-corrected chi connectivity index (χ3v) is 12.6. The van der Waals surface area contributed by atoms with Crippen LogP contribution in [0.1, 0.15) is 25.0 Å². The molecule has 0 radical (unpaired) electrons. The molecule has 0 atom stereocenters. The molecule has 11 aromatic rings. The molecule has 0 aliphatic heterocycles. The van der Waals surface area contributed by atoms with Gasteiger partial charge in [-0.1, -0.05) is 147 Å². The van der Waals surface area contributed by atoms with E-state index in [-0.39, 0.29) is 5.41 Å². The second-order valence-electron chi connectivity index (χ2n) is 16.3. The number of aromatic nitrogens is 2. The van der Waals surface area contributed by atoms with E-state index in [9.17, 15) is 0 Å². The van der Waals surface area contributed by atoms with Crippen LogP contribution in [0.3, 0.4) is 0 Å². The Labute approximate surface area is 348 Å². The van der Waals surface area contributed by atoms with Gasteiger partial charge in [-0.2, -0.15) is 0 Å². The monoisotopic (exact) mass is 769 g/mol. The number of hydrogen-bond acceptors (Lipinski definition) is 3. The lowest BCUT2D eigenvalue weighted by atomic mass is 9.82. The number of hydrogen-bond donors (Lipinski definition) is 0. The van der Waals surface area contributed by atoms with Crippen molar-refractivity contribution in [3.63, 3.8) is 0 Å². The highest BCUT2D eigenvalue weighted by Gasteiger charge is 2.36. The van der Waals surface area contributed by atoms with Crippen LogP contribution in [0.2, 0.25) is 0 Å². The quantitative estimate of drug-likeness (QED) is 0.169. The first-order valence-corrected chi connectivity index (χ1v) is 20.6. The van der Waals surface area contributed by atoms with Crippen LogP contribution in [0.15, 0.2) is 205 Å². The van der Waals surface area contributed by atoms with Gasteiger partial charge in [0.1, 0.15) is 5.52 Å². The molecule has 0 N–H and O–H groups in total. The SMILES string of the molecule is CC1(C)c2ccccc2-c2cc(N(c3cccc(-c4cccc5oc(-c6ccccc6)nc45)c3)c3cc4c5ccccc5n(-c5ccccc5)c4c4ccccc34)ccc21. The van der Waals surface area contributed by atoms with Crippen LogP contribution in [0, 0.1) is 0 Å². The van der Waals surface area contributed by atoms with Gasteiger partial charge in [-0.15, -0.1) is 0 Å². The number of rotatable bonds is 6. The summed E-state index contributed by atoms with van der Waals surface area (Å²) >= 11 is 0. The summed E-state index contributed by atoms with van der Waals surface area (Å²) in [5.74, 6) is 0.617. The van der Waals surface area contributed by atoms with Gasteiger partial charge in [0.25, 0.3) is 0 Å². The van der Waals surface area contributed by atoms with Crippen LogP contribution in [0.4, 0.5) is 17.1 Å². The summed E-state index contributed by atoms with van der Waals surface area (Å²) in [6.07, 6.45) is 0. The van der Waals surface area contributed by atoms with Gasteiger partial charge in [0.05, 0.1) is 16.7 Å². The highest BCUT2D eigenvalue weighted by Crippen LogP contribution is 2.52. The highest BCUT2D eigenvalue weighted by molar-refractivity contribution is 6.22. The molecule has 9 aromatic carbocycles. The number of para-hydroxylation sites is 3. The molecule has 0 fully saturated rings. The van der Waals surface area contributed by atoms with E-state index in [1.807, 2.05) is 36.4 Å². The molecule has 12 rings (SSSR count). The molecule has 1 aliphatic carbocycles. The van der Waals surface area contributed by atoms with E-state index < -0.39 is 0 Å². The summed E-state index contributed by atoms with van der Waals surface area (Å²) in [6.45, 7) is 4.69. The summed E-state index contributed by atoms with van der Waals surface area (Å²) in [6, 6.07) is 72.0. The second kappa shape index (κ2) is 13.2. The van der Waals surface area contributed by atoms with E-state index in [1.54, 1.807) is 0 Å². The molecule has 2 heterocycles. The number of nitrogens with zero attached hydrogens (tertiary/aromatic N) is 3. The van der Waals surface area contributed by atoms with Crippen molar-refractivity contribution < 1.29 is 4.42 Å². The molecule has 0 spiro atoms. The largest absolute Gasteiger partial charge is 0.436 e. The third-order valence-electron chi connectivity index (χ3n) is 12.6. The molecule has 0 saturated carbocycles. The van der Waals surface area contributed by atoms with Crippen LogP contribution in [-0.2, 0) is 5.41 Å². The lowest BCUT2D eigenvalue weighted by molar-refractivity contribution is 0.620. The van der Waals surface area contributed by atoms with E-state index in [1.165, 1.54) is 54.8 Å². The average molecular weight is 770 g/mol. The Hall–Kier alpha value is -7.69. The number of oxazole rings is 1. The van der Waals surface area contributed by atoms with Crippen molar-refractivity contribution in [2.75, 3.05) is 4.90 Å². The number of fused-ring (bicyclic) bond motifs is 9. The maximum absolute atomic E-state index is 6.36. The van der Waals surface area contributed by atoms with Crippen molar-refractivity contribution in [3.8, 4) is 39.4 Å². The van der Waals surface area contributed by atoms with Crippen LogP contribution in [-0.4, -0.2) is 9.55 Å². The van der Waals surface area contributed by atoms with Gasteiger partial charge in [-0.05, 0) is 94.5 Å². The Morgan fingerprint density at radius 1 is 0.483 bits per heavy atom. The summed E-state index contributed by atoms with van der Waals surface area (Å²) < 4.78 is 8.78. The predicted molar refractivity (Wildman–Crippen MR) is 249 cm³/mol. The van der Waals surface area contributed by atoms with Crippen molar-refractivity contribution in [2.24, 2.45) is 0 Å². The van der Waals surface area contributed by atoms with Crippen molar-refractivity contribution in [3.05, 3.63) is 211 Å². The zero-order valence-corrected chi connectivity index (χ0v) is 33.3. The first kappa shape index (κ1) is 34.4. The van der Waals surface area contributed by atoms with Gasteiger partial charge < -0.3 is 13.9 Å². The minimum absolute atomic E-state index is 0.102. The van der Waals surface area contributed by atoms with E-state index in [2.05, 4.69) is 187 Å². The summed E-state index contributed by atoms with van der Waals surface area (Å²) in [5.41, 5.74) is 16.6. The average Bonchev–Trinajstić information content (AvgIpc) is 3.96. The molecule has 284 valence electrons. The molecule has 1 aliphatic rings. The molecule has 2 aromatic heterocycles. The van der Waals surface area contributed by atoms with E-state index in [4.69, 9.17) is 9.40 Å². The smallest absolute Gasteiger partial charge is 0.227 e. The highest BCUT2D eigenvalue weighted by atomic mass is 16.3.